The Bertz CT molecular complexity index is 1240. The Morgan fingerprint density at radius 3 is 2.52 bits per heavy atom. The van der Waals surface area contributed by atoms with Crippen molar-refractivity contribution in [3.8, 4) is 17.1 Å². The second-order valence-corrected chi connectivity index (χ2v) is 7.33. The fraction of sp³-hybridized carbons (Fsp3) is 0.100. The number of anilines is 1. The highest BCUT2D eigenvalue weighted by atomic mass is 32.2. The second-order valence-electron chi connectivity index (χ2n) is 6.33. The lowest BCUT2D eigenvalue weighted by Gasteiger charge is -2.06. The first-order valence-electron chi connectivity index (χ1n) is 9.07. The lowest BCUT2D eigenvalue weighted by molar-refractivity contribution is -0.384. The Morgan fingerprint density at radius 1 is 1.10 bits per heavy atom. The number of nitro groups is 1. The fourth-order valence-electron chi connectivity index (χ4n) is 2.77. The van der Waals surface area contributed by atoms with Crippen LogP contribution in [0.15, 0.2) is 65.7 Å². The lowest BCUT2D eigenvalue weighted by Crippen LogP contribution is -2.14. The number of aromatic nitrogens is 4. The van der Waals surface area contributed by atoms with Crippen LogP contribution in [0.1, 0.15) is 0 Å². The summed E-state index contributed by atoms with van der Waals surface area (Å²) in [7, 11) is 1.60. The Hall–Kier alpha value is -3.99. The highest BCUT2D eigenvalue weighted by molar-refractivity contribution is 7.99. The number of carbonyl (C=O) groups is 1. The smallest absolute Gasteiger partial charge is 0.269 e. The number of hydrogen-bond donors (Lipinski definition) is 1. The molecule has 10 nitrogen and oxygen atoms in total. The van der Waals surface area contributed by atoms with Crippen LogP contribution >= 0.6 is 11.8 Å². The molecule has 0 spiro atoms. The number of nitro benzene ring substituents is 1. The van der Waals surface area contributed by atoms with Gasteiger partial charge in [0.25, 0.3) is 5.69 Å². The average Bonchev–Trinajstić information content (AvgIpc) is 3.21. The van der Waals surface area contributed by atoms with E-state index in [1.165, 1.54) is 36.0 Å². The minimum atomic E-state index is -0.492. The van der Waals surface area contributed by atoms with Gasteiger partial charge < -0.3 is 10.1 Å². The molecule has 1 amide bonds. The topological polar surface area (TPSA) is 125 Å². The number of non-ortho nitro benzene ring substituents is 1. The van der Waals surface area contributed by atoms with Crippen LogP contribution in [0.4, 0.5) is 11.4 Å². The Kier molecular flexibility index (Phi) is 5.76. The van der Waals surface area contributed by atoms with E-state index >= 15 is 0 Å². The lowest BCUT2D eigenvalue weighted by atomic mass is 10.2. The van der Waals surface area contributed by atoms with Crippen LogP contribution in [-0.2, 0) is 4.79 Å². The maximum Gasteiger partial charge on any atom is 0.269 e. The van der Waals surface area contributed by atoms with Crippen molar-refractivity contribution in [3.05, 3.63) is 70.8 Å². The molecule has 2 aromatic heterocycles. The molecule has 0 radical (unpaired) electrons. The van der Waals surface area contributed by atoms with Gasteiger partial charge in [0.15, 0.2) is 11.5 Å². The number of hydrogen-bond acceptors (Lipinski definition) is 8. The molecule has 2 aromatic carbocycles. The Balaban J connectivity index is 1.44. The predicted molar refractivity (Wildman–Crippen MR) is 115 cm³/mol. The van der Waals surface area contributed by atoms with Crippen molar-refractivity contribution < 1.29 is 14.5 Å². The van der Waals surface area contributed by atoms with Gasteiger partial charge in [0.2, 0.25) is 5.91 Å². The molecule has 0 atom stereocenters. The number of rotatable bonds is 7. The number of nitrogens with one attached hydrogen (secondary N) is 1. The number of amides is 1. The van der Waals surface area contributed by atoms with Gasteiger partial charge in [0.1, 0.15) is 10.8 Å². The van der Waals surface area contributed by atoms with E-state index in [0.29, 0.717) is 22.2 Å². The minimum absolute atomic E-state index is 0.0357. The number of benzene rings is 2. The molecular weight excluding hydrogens is 420 g/mol. The molecule has 4 rings (SSSR count). The quantitative estimate of drug-likeness (QED) is 0.265. The molecule has 0 saturated carbocycles. The summed E-state index contributed by atoms with van der Waals surface area (Å²) >= 11 is 1.26. The zero-order valence-corrected chi connectivity index (χ0v) is 17.1. The normalized spacial score (nSPS) is 10.7. The van der Waals surface area contributed by atoms with Crippen LogP contribution in [0, 0.1) is 10.1 Å². The molecule has 11 heteroatoms. The van der Waals surface area contributed by atoms with Crippen molar-refractivity contribution in [1.29, 1.82) is 0 Å². The first-order valence-corrected chi connectivity index (χ1v) is 10.1. The van der Waals surface area contributed by atoms with Gasteiger partial charge >= 0.3 is 0 Å². The molecule has 0 unspecified atom stereocenters. The molecule has 0 saturated heterocycles. The number of fused-ring (bicyclic) bond motifs is 1. The predicted octanol–water partition coefficient (Wildman–Crippen LogP) is 3.44. The summed E-state index contributed by atoms with van der Waals surface area (Å²) in [6.07, 6.45) is 0. The molecule has 0 aliphatic rings. The summed E-state index contributed by atoms with van der Waals surface area (Å²) in [5.41, 5.74) is 1.87. The Labute approximate surface area is 180 Å². The van der Waals surface area contributed by atoms with E-state index in [1.807, 2.05) is 24.3 Å². The molecule has 31 heavy (non-hydrogen) atoms. The van der Waals surface area contributed by atoms with Crippen LogP contribution in [-0.4, -0.2) is 43.5 Å². The van der Waals surface area contributed by atoms with E-state index in [-0.39, 0.29) is 17.3 Å². The molecule has 0 bridgehead atoms. The van der Waals surface area contributed by atoms with Crippen LogP contribution in [0.2, 0.25) is 0 Å². The van der Waals surface area contributed by atoms with Crippen LogP contribution in [0.25, 0.3) is 17.0 Å². The van der Waals surface area contributed by atoms with Crippen molar-refractivity contribution in [2.24, 2.45) is 0 Å². The third-order valence-electron chi connectivity index (χ3n) is 4.30. The summed E-state index contributed by atoms with van der Waals surface area (Å²) < 4.78 is 6.80. The maximum atomic E-state index is 12.2. The average molecular weight is 436 g/mol. The van der Waals surface area contributed by atoms with Crippen molar-refractivity contribution in [3.63, 3.8) is 0 Å². The van der Waals surface area contributed by atoms with Gasteiger partial charge in [-0.05, 0) is 48.5 Å². The van der Waals surface area contributed by atoms with Gasteiger partial charge in [-0.1, -0.05) is 11.8 Å². The first kappa shape index (κ1) is 20.3. The second kappa shape index (κ2) is 8.79. The van der Waals surface area contributed by atoms with Crippen molar-refractivity contribution in [2.45, 2.75) is 5.03 Å². The number of thioether (sulfide) groups is 1. The molecule has 1 N–H and O–H groups in total. The number of nitrogens with zero attached hydrogens (tertiary/aromatic N) is 5. The maximum absolute atomic E-state index is 12.2. The zero-order chi connectivity index (χ0) is 21.8. The molecule has 156 valence electrons. The van der Waals surface area contributed by atoms with E-state index in [0.717, 1.165) is 11.3 Å². The largest absolute Gasteiger partial charge is 0.497 e. The molecular formula is C20H16N6O4S. The number of methoxy groups -OCH3 is 1. The fourth-order valence-corrected chi connectivity index (χ4v) is 3.43. The van der Waals surface area contributed by atoms with Crippen molar-refractivity contribution in [2.75, 3.05) is 18.2 Å². The van der Waals surface area contributed by atoms with Gasteiger partial charge in [-0.25, -0.2) is 0 Å². The molecule has 0 aliphatic carbocycles. The number of carbonyl (C=O) groups excluding carboxylic acids is 1. The van der Waals surface area contributed by atoms with E-state index < -0.39 is 4.92 Å². The monoisotopic (exact) mass is 436 g/mol. The van der Waals surface area contributed by atoms with Gasteiger partial charge in [-0.15, -0.1) is 10.2 Å². The van der Waals surface area contributed by atoms with Crippen LogP contribution in [0.5, 0.6) is 5.75 Å². The van der Waals surface area contributed by atoms with E-state index in [4.69, 9.17) is 4.74 Å². The summed E-state index contributed by atoms with van der Waals surface area (Å²) in [6, 6.07) is 16.6. The van der Waals surface area contributed by atoms with E-state index in [9.17, 15) is 14.9 Å². The Morgan fingerprint density at radius 2 is 1.84 bits per heavy atom. The third-order valence-corrected chi connectivity index (χ3v) is 5.22. The molecule has 4 aromatic rings. The highest BCUT2D eigenvalue weighted by Gasteiger charge is 2.12. The van der Waals surface area contributed by atoms with Gasteiger partial charge in [0.05, 0.1) is 17.8 Å². The summed E-state index contributed by atoms with van der Waals surface area (Å²) in [4.78, 5) is 22.4. The standard InChI is InChI=1S/C20H16N6O4S/c1-30-16-8-2-13(3-9-16)20-23-22-17-10-11-19(24-25(17)20)31-12-18(27)21-14-4-6-15(7-5-14)26(28)29/h2-11H,12H2,1H3,(H,21,27). The zero-order valence-electron chi connectivity index (χ0n) is 16.3. The third kappa shape index (κ3) is 4.61. The van der Waals surface area contributed by atoms with Crippen molar-refractivity contribution >= 4 is 34.7 Å². The molecule has 2 heterocycles. The SMILES string of the molecule is COc1ccc(-c2nnc3ccc(SCC(=O)Nc4ccc([N+](=O)[O-])cc4)nn23)cc1. The molecule has 0 fully saturated rings. The highest BCUT2D eigenvalue weighted by Crippen LogP contribution is 2.23. The van der Waals surface area contributed by atoms with Gasteiger partial charge in [-0.3, -0.25) is 14.9 Å². The van der Waals surface area contributed by atoms with Gasteiger partial charge in [-0.2, -0.15) is 9.61 Å². The summed E-state index contributed by atoms with van der Waals surface area (Å²) in [5, 5.41) is 26.9. The van der Waals surface area contributed by atoms with Crippen LogP contribution in [0.3, 0.4) is 0 Å². The molecule has 0 aliphatic heterocycles. The van der Waals surface area contributed by atoms with E-state index in [1.54, 1.807) is 23.8 Å². The minimum Gasteiger partial charge on any atom is -0.497 e. The first-order chi connectivity index (χ1) is 15.0. The van der Waals surface area contributed by atoms with E-state index in [2.05, 4.69) is 20.6 Å². The summed E-state index contributed by atoms with van der Waals surface area (Å²) in [6.45, 7) is 0. The van der Waals surface area contributed by atoms with Crippen LogP contribution < -0.4 is 10.1 Å². The van der Waals surface area contributed by atoms with Crippen molar-refractivity contribution in [1.82, 2.24) is 19.8 Å². The number of ether oxygens (including phenoxy) is 1. The summed E-state index contributed by atoms with van der Waals surface area (Å²) in [5.74, 6) is 1.19. The van der Waals surface area contributed by atoms with Gasteiger partial charge in [0, 0.05) is 23.4 Å².